The molecule has 0 unspecified atom stereocenters. The first-order valence-corrected chi connectivity index (χ1v) is 3.96. The van der Waals surface area contributed by atoms with E-state index in [-0.39, 0.29) is 12.0 Å². The highest BCUT2D eigenvalue weighted by Crippen LogP contribution is 2.19. The third kappa shape index (κ3) is 2.38. The molecule has 5 heteroatoms. The summed E-state index contributed by atoms with van der Waals surface area (Å²) in [6.45, 7) is 0. The second kappa shape index (κ2) is 4.17. The summed E-state index contributed by atoms with van der Waals surface area (Å²) in [6.07, 6.45) is 1.23. The summed E-state index contributed by atoms with van der Waals surface area (Å²) in [5.74, 6) is -0.674. The second-order valence-corrected chi connectivity index (χ2v) is 2.94. The van der Waals surface area contributed by atoms with Crippen LogP contribution in [0.15, 0.2) is 12.3 Å². The van der Waals surface area contributed by atoms with Crippen molar-refractivity contribution in [2.45, 2.75) is 12.5 Å². The third-order valence-electron chi connectivity index (χ3n) is 1.54. The molecule has 0 bridgehead atoms. The molecule has 0 amide bonds. The first-order chi connectivity index (χ1) is 6.15. The molecule has 0 aliphatic rings. The summed E-state index contributed by atoms with van der Waals surface area (Å²) >= 11 is 5.59. The van der Waals surface area contributed by atoms with Crippen molar-refractivity contribution < 1.29 is 4.39 Å². The van der Waals surface area contributed by atoms with E-state index in [2.05, 4.69) is 4.98 Å². The molecule has 0 saturated heterocycles. The molecule has 0 radical (unpaired) electrons. The molecule has 1 heterocycles. The molecule has 68 valence electrons. The number of halogens is 2. The topological polar surface area (TPSA) is 62.7 Å². The van der Waals surface area contributed by atoms with Gasteiger partial charge in [-0.1, -0.05) is 11.6 Å². The highest BCUT2D eigenvalue weighted by molar-refractivity contribution is 6.30. The van der Waals surface area contributed by atoms with E-state index in [0.717, 1.165) is 0 Å². The molecule has 1 rings (SSSR count). The first-order valence-electron chi connectivity index (χ1n) is 3.58. The van der Waals surface area contributed by atoms with E-state index in [1.807, 2.05) is 6.07 Å². The van der Waals surface area contributed by atoms with Gasteiger partial charge in [0, 0.05) is 17.8 Å². The highest BCUT2D eigenvalue weighted by Gasteiger charge is 2.12. The SMILES string of the molecule is N#CC[C@@H](N)c1cc(Cl)cnc1F. The van der Waals surface area contributed by atoms with Crippen molar-refractivity contribution in [2.75, 3.05) is 0 Å². The molecule has 1 aromatic rings. The Morgan fingerprint density at radius 1 is 1.77 bits per heavy atom. The van der Waals surface area contributed by atoms with Gasteiger partial charge in [-0.2, -0.15) is 9.65 Å². The van der Waals surface area contributed by atoms with E-state index < -0.39 is 12.0 Å². The molecule has 13 heavy (non-hydrogen) atoms. The van der Waals surface area contributed by atoms with Gasteiger partial charge >= 0.3 is 0 Å². The number of nitriles is 1. The summed E-state index contributed by atoms with van der Waals surface area (Å²) in [5, 5.41) is 8.66. The van der Waals surface area contributed by atoms with Gasteiger partial charge in [0.15, 0.2) is 0 Å². The molecule has 1 aromatic heterocycles. The standard InChI is InChI=1S/C8H7ClFN3/c9-5-3-6(7(12)1-2-11)8(10)13-4-5/h3-4,7H,1,12H2/t7-/m1/s1. The molecule has 0 saturated carbocycles. The Morgan fingerprint density at radius 3 is 3.08 bits per heavy atom. The summed E-state index contributed by atoms with van der Waals surface area (Å²) in [5.41, 5.74) is 5.69. The maximum atomic E-state index is 13.0. The average Bonchev–Trinajstić information content (AvgIpc) is 2.09. The van der Waals surface area contributed by atoms with E-state index in [0.29, 0.717) is 5.02 Å². The predicted molar refractivity (Wildman–Crippen MR) is 46.4 cm³/mol. The summed E-state index contributed by atoms with van der Waals surface area (Å²) < 4.78 is 13.0. The molecule has 0 spiro atoms. The van der Waals surface area contributed by atoms with Crippen LogP contribution in [-0.4, -0.2) is 4.98 Å². The number of nitrogens with two attached hydrogens (primary N) is 1. The van der Waals surface area contributed by atoms with Gasteiger partial charge < -0.3 is 5.73 Å². The maximum Gasteiger partial charge on any atom is 0.217 e. The summed E-state index contributed by atoms with van der Waals surface area (Å²) in [6, 6.07) is 2.56. The van der Waals surface area contributed by atoms with Crippen molar-refractivity contribution in [1.82, 2.24) is 4.98 Å². The summed E-state index contributed by atoms with van der Waals surface area (Å²) in [4.78, 5) is 3.39. The monoisotopic (exact) mass is 199 g/mol. The van der Waals surface area contributed by atoms with Crippen molar-refractivity contribution in [2.24, 2.45) is 5.73 Å². The lowest BCUT2D eigenvalue weighted by atomic mass is 10.1. The van der Waals surface area contributed by atoms with Crippen molar-refractivity contribution in [3.8, 4) is 6.07 Å². The zero-order chi connectivity index (χ0) is 9.84. The first kappa shape index (κ1) is 9.90. The van der Waals surface area contributed by atoms with Crippen molar-refractivity contribution in [3.63, 3.8) is 0 Å². The van der Waals surface area contributed by atoms with Gasteiger partial charge in [-0.25, -0.2) is 4.98 Å². The fourth-order valence-electron chi connectivity index (χ4n) is 0.907. The van der Waals surface area contributed by atoms with E-state index >= 15 is 0 Å². The van der Waals surface area contributed by atoms with E-state index in [1.165, 1.54) is 12.3 Å². The van der Waals surface area contributed by atoms with Gasteiger partial charge in [0.25, 0.3) is 0 Å². The fourth-order valence-corrected chi connectivity index (χ4v) is 1.07. The minimum Gasteiger partial charge on any atom is -0.323 e. The van der Waals surface area contributed by atoms with Crippen LogP contribution < -0.4 is 5.73 Å². The lowest BCUT2D eigenvalue weighted by molar-refractivity contribution is 0.546. The van der Waals surface area contributed by atoms with Crippen LogP contribution in [-0.2, 0) is 0 Å². The van der Waals surface area contributed by atoms with Crippen LogP contribution in [0, 0.1) is 17.3 Å². The normalized spacial score (nSPS) is 12.2. The number of pyridine rings is 1. The summed E-state index contributed by atoms with van der Waals surface area (Å²) in [7, 11) is 0. The number of hydrogen-bond acceptors (Lipinski definition) is 3. The molecule has 0 fully saturated rings. The number of nitrogens with zero attached hydrogens (tertiary/aromatic N) is 2. The Hall–Kier alpha value is -1.18. The Morgan fingerprint density at radius 2 is 2.46 bits per heavy atom. The smallest absolute Gasteiger partial charge is 0.217 e. The maximum absolute atomic E-state index is 13.0. The van der Waals surface area contributed by atoms with E-state index in [1.54, 1.807) is 0 Å². The lowest BCUT2D eigenvalue weighted by Gasteiger charge is -2.07. The molecule has 0 aromatic carbocycles. The van der Waals surface area contributed by atoms with Crippen LogP contribution in [0.4, 0.5) is 4.39 Å². The number of aromatic nitrogens is 1. The van der Waals surface area contributed by atoms with Crippen molar-refractivity contribution in [1.29, 1.82) is 5.26 Å². The van der Waals surface area contributed by atoms with Crippen LogP contribution in [0.3, 0.4) is 0 Å². The van der Waals surface area contributed by atoms with Gasteiger partial charge in [0.1, 0.15) is 0 Å². The van der Waals surface area contributed by atoms with Crippen molar-refractivity contribution in [3.05, 3.63) is 28.8 Å². The molecular weight excluding hydrogens is 193 g/mol. The highest BCUT2D eigenvalue weighted by atomic mass is 35.5. The molecule has 0 aliphatic heterocycles. The Bertz CT molecular complexity index is 348. The largest absolute Gasteiger partial charge is 0.323 e. The molecule has 0 aliphatic carbocycles. The third-order valence-corrected chi connectivity index (χ3v) is 1.75. The molecule has 2 N–H and O–H groups in total. The van der Waals surface area contributed by atoms with Crippen LogP contribution in [0.5, 0.6) is 0 Å². The van der Waals surface area contributed by atoms with E-state index in [4.69, 9.17) is 22.6 Å². The minimum absolute atomic E-state index is 0.0406. The second-order valence-electron chi connectivity index (χ2n) is 2.50. The van der Waals surface area contributed by atoms with Crippen LogP contribution in [0.25, 0.3) is 0 Å². The average molecular weight is 200 g/mol. The Balaban J connectivity index is 3.00. The Labute approximate surface area is 79.9 Å². The zero-order valence-electron chi connectivity index (χ0n) is 6.67. The van der Waals surface area contributed by atoms with Gasteiger partial charge in [0.2, 0.25) is 5.95 Å². The van der Waals surface area contributed by atoms with Gasteiger partial charge in [-0.05, 0) is 6.07 Å². The Kier molecular flexibility index (Phi) is 3.18. The predicted octanol–water partition coefficient (Wildman–Crippen LogP) is 1.79. The number of hydrogen-bond donors (Lipinski definition) is 1. The molecule has 1 atom stereocenters. The molecular formula is C8H7ClFN3. The lowest BCUT2D eigenvalue weighted by Crippen LogP contribution is -2.12. The van der Waals surface area contributed by atoms with Gasteiger partial charge in [0.05, 0.1) is 17.5 Å². The minimum atomic E-state index is -0.674. The van der Waals surface area contributed by atoms with Crippen LogP contribution in [0.1, 0.15) is 18.0 Å². The molecule has 3 nitrogen and oxygen atoms in total. The van der Waals surface area contributed by atoms with Gasteiger partial charge in [-0.15, -0.1) is 0 Å². The van der Waals surface area contributed by atoms with Crippen molar-refractivity contribution >= 4 is 11.6 Å². The van der Waals surface area contributed by atoms with Crippen LogP contribution in [0.2, 0.25) is 5.02 Å². The fraction of sp³-hybridized carbons (Fsp3) is 0.250. The van der Waals surface area contributed by atoms with E-state index in [9.17, 15) is 4.39 Å². The zero-order valence-corrected chi connectivity index (χ0v) is 7.42. The quantitative estimate of drug-likeness (QED) is 0.739. The number of rotatable bonds is 2. The van der Waals surface area contributed by atoms with Gasteiger partial charge in [-0.3, -0.25) is 0 Å². The van der Waals surface area contributed by atoms with Crippen LogP contribution >= 0.6 is 11.6 Å².